The highest BCUT2D eigenvalue weighted by atomic mass is 16.3. The number of aliphatic hydroxyl groups is 1. The van der Waals surface area contributed by atoms with Crippen molar-refractivity contribution < 1.29 is 5.11 Å². The summed E-state index contributed by atoms with van der Waals surface area (Å²) in [4.78, 5) is 0. The lowest BCUT2D eigenvalue weighted by Gasteiger charge is -2.31. The van der Waals surface area contributed by atoms with E-state index in [1.165, 1.54) is 5.56 Å². The molecule has 2 heteroatoms. The third kappa shape index (κ3) is 1.33. The summed E-state index contributed by atoms with van der Waals surface area (Å²) in [5.41, 5.74) is 3.99. The normalized spacial score (nSPS) is 21.6. The van der Waals surface area contributed by atoms with E-state index in [9.17, 15) is 5.11 Å². The molecule has 0 saturated carbocycles. The van der Waals surface area contributed by atoms with Crippen molar-refractivity contribution in [1.82, 2.24) is 0 Å². The highest BCUT2D eigenvalue weighted by Crippen LogP contribution is 2.51. The van der Waals surface area contributed by atoms with Crippen LogP contribution in [0, 0.1) is 0 Å². The standard InChI is InChI=1S/C20H15NO/c22-20-16-8-4-2-6-14(16)10-12-18(20)21-17-11-9-13-5-1-3-7-15(13)19(17)20/h1-9,11-12,21-22H,10H2. The maximum atomic E-state index is 11.7. The van der Waals surface area contributed by atoms with Gasteiger partial charge in [0, 0.05) is 11.3 Å². The summed E-state index contributed by atoms with van der Waals surface area (Å²) >= 11 is 0. The van der Waals surface area contributed by atoms with Crippen molar-refractivity contribution >= 4 is 16.5 Å². The van der Waals surface area contributed by atoms with Crippen LogP contribution in [-0.4, -0.2) is 5.11 Å². The van der Waals surface area contributed by atoms with Crippen molar-refractivity contribution in [3.05, 3.63) is 89.1 Å². The zero-order valence-electron chi connectivity index (χ0n) is 12.0. The van der Waals surface area contributed by atoms with E-state index in [0.29, 0.717) is 0 Å². The van der Waals surface area contributed by atoms with E-state index in [2.05, 4.69) is 41.7 Å². The minimum Gasteiger partial charge on any atom is -0.374 e. The Bertz CT molecular complexity index is 957. The molecule has 0 radical (unpaired) electrons. The zero-order chi connectivity index (χ0) is 14.7. The molecule has 0 spiro atoms. The third-order valence-electron chi connectivity index (χ3n) is 4.88. The highest BCUT2D eigenvalue weighted by Gasteiger charge is 2.46. The molecule has 2 N–H and O–H groups in total. The minimum absolute atomic E-state index is 0.854. The second-order valence-corrected chi connectivity index (χ2v) is 6.02. The zero-order valence-corrected chi connectivity index (χ0v) is 12.0. The maximum Gasteiger partial charge on any atom is 0.157 e. The van der Waals surface area contributed by atoms with Crippen LogP contribution in [0.1, 0.15) is 16.7 Å². The van der Waals surface area contributed by atoms with Gasteiger partial charge in [-0.25, -0.2) is 0 Å². The van der Waals surface area contributed by atoms with Crippen LogP contribution in [0.5, 0.6) is 0 Å². The first kappa shape index (κ1) is 12.0. The Morgan fingerprint density at radius 2 is 1.73 bits per heavy atom. The fourth-order valence-corrected chi connectivity index (χ4v) is 3.88. The van der Waals surface area contributed by atoms with Gasteiger partial charge in [0.05, 0.1) is 5.70 Å². The van der Waals surface area contributed by atoms with Gasteiger partial charge in [0.1, 0.15) is 0 Å². The average molecular weight is 285 g/mol. The van der Waals surface area contributed by atoms with Gasteiger partial charge in [-0.15, -0.1) is 0 Å². The van der Waals surface area contributed by atoms with E-state index in [1.807, 2.05) is 30.3 Å². The molecule has 0 aromatic heterocycles. The van der Waals surface area contributed by atoms with Crippen LogP contribution >= 0.6 is 0 Å². The SMILES string of the molecule is OC12C(=CCc3ccccc31)Nc1ccc3ccccc3c12. The Labute approximate surface area is 128 Å². The topological polar surface area (TPSA) is 32.3 Å². The molecule has 0 amide bonds. The van der Waals surface area contributed by atoms with E-state index in [1.54, 1.807) is 0 Å². The van der Waals surface area contributed by atoms with Gasteiger partial charge >= 0.3 is 0 Å². The Kier molecular flexibility index (Phi) is 2.18. The lowest BCUT2D eigenvalue weighted by molar-refractivity contribution is 0.127. The van der Waals surface area contributed by atoms with Crippen molar-refractivity contribution in [2.45, 2.75) is 12.0 Å². The first-order valence-electron chi connectivity index (χ1n) is 7.59. The second kappa shape index (κ2) is 3.99. The van der Waals surface area contributed by atoms with Gasteiger partial charge in [-0.3, -0.25) is 0 Å². The monoisotopic (exact) mass is 285 g/mol. The van der Waals surface area contributed by atoms with Crippen LogP contribution in [0.15, 0.2) is 72.4 Å². The van der Waals surface area contributed by atoms with Gasteiger partial charge in [-0.05, 0) is 34.4 Å². The largest absolute Gasteiger partial charge is 0.374 e. The molecule has 22 heavy (non-hydrogen) atoms. The molecule has 3 aromatic rings. The fourth-order valence-electron chi connectivity index (χ4n) is 3.88. The number of hydrogen-bond acceptors (Lipinski definition) is 2. The van der Waals surface area contributed by atoms with E-state index in [-0.39, 0.29) is 0 Å². The first-order valence-corrected chi connectivity index (χ1v) is 7.59. The molecule has 1 aliphatic heterocycles. The smallest absolute Gasteiger partial charge is 0.157 e. The highest BCUT2D eigenvalue weighted by molar-refractivity contribution is 5.95. The lowest BCUT2D eigenvalue weighted by Crippen LogP contribution is -2.31. The molecule has 5 rings (SSSR count). The summed E-state index contributed by atoms with van der Waals surface area (Å²) in [6, 6.07) is 20.6. The fraction of sp³-hybridized carbons (Fsp3) is 0.100. The predicted octanol–water partition coefficient (Wildman–Crippen LogP) is 3.94. The van der Waals surface area contributed by atoms with E-state index in [4.69, 9.17) is 0 Å². The summed E-state index contributed by atoms with van der Waals surface area (Å²) in [6.45, 7) is 0. The Morgan fingerprint density at radius 1 is 0.909 bits per heavy atom. The van der Waals surface area contributed by atoms with Gasteiger partial charge in [-0.1, -0.05) is 60.7 Å². The quantitative estimate of drug-likeness (QED) is 0.655. The van der Waals surface area contributed by atoms with Crippen LogP contribution in [0.3, 0.4) is 0 Å². The minimum atomic E-state index is -1.06. The summed E-state index contributed by atoms with van der Waals surface area (Å²) < 4.78 is 0. The molecule has 1 heterocycles. The summed E-state index contributed by atoms with van der Waals surface area (Å²) in [7, 11) is 0. The summed E-state index contributed by atoms with van der Waals surface area (Å²) in [6.07, 6.45) is 2.96. The van der Waals surface area contributed by atoms with Crippen molar-refractivity contribution in [2.24, 2.45) is 0 Å². The van der Waals surface area contributed by atoms with Gasteiger partial charge in [0.25, 0.3) is 0 Å². The number of fused-ring (bicyclic) bond motifs is 7. The Hall–Kier alpha value is -2.58. The number of anilines is 1. The van der Waals surface area contributed by atoms with Crippen molar-refractivity contribution in [3.63, 3.8) is 0 Å². The number of allylic oxidation sites excluding steroid dienone is 1. The predicted molar refractivity (Wildman–Crippen MR) is 88.8 cm³/mol. The van der Waals surface area contributed by atoms with Crippen molar-refractivity contribution in [2.75, 3.05) is 5.32 Å². The molecular formula is C20H15NO. The molecular weight excluding hydrogens is 270 g/mol. The molecule has 0 bridgehead atoms. The van der Waals surface area contributed by atoms with Gasteiger partial charge in [0.15, 0.2) is 5.60 Å². The number of nitrogens with one attached hydrogen (secondary N) is 1. The van der Waals surface area contributed by atoms with Crippen molar-refractivity contribution in [3.8, 4) is 0 Å². The number of benzene rings is 3. The second-order valence-electron chi connectivity index (χ2n) is 6.02. The van der Waals surface area contributed by atoms with Gasteiger partial charge in [-0.2, -0.15) is 0 Å². The van der Waals surface area contributed by atoms with Crippen LogP contribution in [-0.2, 0) is 12.0 Å². The molecule has 3 aromatic carbocycles. The molecule has 106 valence electrons. The van der Waals surface area contributed by atoms with Crippen molar-refractivity contribution in [1.29, 1.82) is 0 Å². The Morgan fingerprint density at radius 3 is 2.68 bits per heavy atom. The van der Waals surface area contributed by atoms with Crippen LogP contribution < -0.4 is 5.32 Å². The van der Waals surface area contributed by atoms with Crippen LogP contribution in [0.25, 0.3) is 10.8 Å². The van der Waals surface area contributed by atoms with Gasteiger partial charge < -0.3 is 10.4 Å². The lowest BCUT2D eigenvalue weighted by atomic mass is 9.77. The van der Waals surface area contributed by atoms with Crippen LogP contribution in [0.2, 0.25) is 0 Å². The Balaban J connectivity index is 1.92. The molecule has 0 saturated heterocycles. The molecule has 1 atom stereocenters. The van der Waals surface area contributed by atoms with Gasteiger partial charge in [0.2, 0.25) is 0 Å². The van der Waals surface area contributed by atoms with E-state index in [0.717, 1.165) is 39.7 Å². The van der Waals surface area contributed by atoms with E-state index >= 15 is 0 Å². The first-order chi connectivity index (χ1) is 10.8. The summed E-state index contributed by atoms with van der Waals surface area (Å²) in [5, 5.41) is 17.4. The van der Waals surface area contributed by atoms with E-state index < -0.39 is 5.60 Å². The number of hydrogen-bond donors (Lipinski definition) is 2. The summed E-state index contributed by atoms with van der Waals surface area (Å²) in [5.74, 6) is 0. The molecule has 1 unspecified atom stereocenters. The molecule has 0 fully saturated rings. The third-order valence-corrected chi connectivity index (χ3v) is 4.88. The molecule has 1 aliphatic carbocycles. The van der Waals surface area contributed by atoms with Crippen LogP contribution in [0.4, 0.5) is 5.69 Å². The maximum absolute atomic E-state index is 11.7. The average Bonchev–Trinajstić information content (AvgIpc) is 2.88. The molecule has 2 aliphatic rings. The number of rotatable bonds is 0. The molecule has 2 nitrogen and oxygen atoms in total.